The van der Waals surface area contributed by atoms with E-state index in [4.69, 9.17) is 10.2 Å². The normalized spacial score (nSPS) is 11.9. The number of hydrogen-bond acceptors (Lipinski definition) is 4. The van der Waals surface area contributed by atoms with Gasteiger partial charge >= 0.3 is 5.97 Å². The number of aliphatic carboxylic acids is 1. The van der Waals surface area contributed by atoms with Crippen molar-refractivity contribution in [3.63, 3.8) is 0 Å². The van der Waals surface area contributed by atoms with Crippen LogP contribution in [-0.4, -0.2) is 40.5 Å². The van der Waals surface area contributed by atoms with Gasteiger partial charge in [-0.15, -0.1) is 11.8 Å². The van der Waals surface area contributed by atoms with Gasteiger partial charge in [-0.05, 0) is 18.2 Å². The second-order valence-electron chi connectivity index (χ2n) is 3.82. The summed E-state index contributed by atoms with van der Waals surface area (Å²) >= 11 is 1.14. The minimum absolute atomic E-state index is 0.00651. The maximum atomic E-state index is 12.9. The van der Waals surface area contributed by atoms with Crippen LogP contribution in [0, 0.1) is 11.6 Å². The molecule has 5 nitrogen and oxygen atoms in total. The highest BCUT2D eigenvalue weighted by atomic mass is 32.2. The summed E-state index contributed by atoms with van der Waals surface area (Å²) in [5.41, 5.74) is 0. The van der Waals surface area contributed by atoms with Crippen LogP contribution in [0.5, 0.6) is 0 Å². The largest absolute Gasteiger partial charge is 0.480 e. The molecule has 1 rings (SSSR count). The zero-order valence-corrected chi connectivity index (χ0v) is 11.1. The van der Waals surface area contributed by atoms with Crippen LogP contribution in [0.3, 0.4) is 0 Å². The first-order valence-electron chi connectivity index (χ1n) is 5.65. The van der Waals surface area contributed by atoms with E-state index >= 15 is 0 Å². The first-order chi connectivity index (χ1) is 9.43. The Balaban J connectivity index is 2.38. The van der Waals surface area contributed by atoms with Crippen LogP contribution in [0.1, 0.15) is 6.42 Å². The molecule has 110 valence electrons. The Bertz CT molecular complexity index is 498. The number of nitrogens with one attached hydrogen (secondary N) is 1. The lowest BCUT2D eigenvalue weighted by Gasteiger charge is -2.11. The topological polar surface area (TPSA) is 86.6 Å². The Morgan fingerprint density at radius 2 is 2.00 bits per heavy atom. The highest BCUT2D eigenvalue weighted by Gasteiger charge is 2.18. The molecular weight excluding hydrogens is 292 g/mol. The summed E-state index contributed by atoms with van der Waals surface area (Å²) in [4.78, 5) is 22.4. The Morgan fingerprint density at radius 3 is 2.55 bits per heavy atom. The molecule has 20 heavy (non-hydrogen) atoms. The third kappa shape index (κ3) is 5.14. The monoisotopic (exact) mass is 305 g/mol. The molecule has 0 saturated heterocycles. The summed E-state index contributed by atoms with van der Waals surface area (Å²) in [6.07, 6.45) is -0.00651. The molecule has 1 aromatic rings. The average Bonchev–Trinajstić information content (AvgIpc) is 2.39. The molecule has 0 spiro atoms. The van der Waals surface area contributed by atoms with Crippen LogP contribution in [0.25, 0.3) is 0 Å². The summed E-state index contributed by atoms with van der Waals surface area (Å²) in [5, 5.41) is 19.5. The van der Waals surface area contributed by atoms with Crippen molar-refractivity contribution in [1.29, 1.82) is 0 Å². The molecule has 0 bridgehead atoms. The van der Waals surface area contributed by atoms with E-state index in [2.05, 4.69) is 5.32 Å². The maximum absolute atomic E-state index is 12.9. The van der Waals surface area contributed by atoms with Crippen molar-refractivity contribution in [3.8, 4) is 0 Å². The minimum Gasteiger partial charge on any atom is -0.480 e. The quantitative estimate of drug-likeness (QED) is 0.655. The molecule has 8 heteroatoms. The van der Waals surface area contributed by atoms with Crippen LogP contribution in [0.2, 0.25) is 0 Å². The number of rotatable bonds is 7. The molecule has 0 aliphatic carbocycles. The van der Waals surface area contributed by atoms with E-state index in [1.165, 1.54) is 6.07 Å². The van der Waals surface area contributed by atoms with Crippen LogP contribution in [0.15, 0.2) is 23.1 Å². The van der Waals surface area contributed by atoms with E-state index in [0.717, 1.165) is 23.9 Å². The standard InChI is InChI=1S/C12H13F2NO4S/c13-8-2-1-7(5-9(8)14)20-4-3-11(17)15-10(6-16)12(18)19/h1-2,5,10,16H,3-4,6H2,(H,15,17)(H,18,19)/t10-/m1/s1. The van der Waals surface area contributed by atoms with Gasteiger partial charge in [0.15, 0.2) is 11.6 Å². The molecule has 1 atom stereocenters. The lowest BCUT2D eigenvalue weighted by atomic mass is 10.3. The molecule has 0 aliphatic rings. The van der Waals surface area contributed by atoms with E-state index in [-0.39, 0.29) is 12.2 Å². The van der Waals surface area contributed by atoms with Crippen molar-refractivity contribution >= 4 is 23.6 Å². The first-order valence-corrected chi connectivity index (χ1v) is 6.63. The number of benzene rings is 1. The predicted octanol–water partition coefficient (Wildman–Crippen LogP) is 1.01. The number of halogens is 2. The molecule has 0 saturated carbocycles. The zero-order chi connectivity index (χ0) is 15.1. The molecule has 0 heterocycles. The summed E-state index contributed by atoms with van der Waals surface area (Å²) in [6.45, 7) is -0.697. The van der Waals surface area contributed by atoms with Crippen molar-refractivity contribution < 1.29 is 28.6 Å². The Labute approximate surface area is 118 Å². The summed E-state index contributed by atoms with van der Waals surface area (Å²) in [7, 11) is 0. The average molecular weight is 305 g/mol. The van der Waals surface area contributed by atoms with Crippen LogP contribution in [-0.2, 0) is 9.59 Å². The summed E-state index contributed by atoms with van der Waals surface area (Å²) in [5.74, 6) is -3.50. The van der Waals surface area contributed by atoms with Crippen molar-refractivity contribution in [3.05, 3.63) is 29.8 Å². The highest BCUT2D eigenvalue weighted by molar-refractivity contribution is 7.99. The number of carbonyl (C=O) groups is 2. The summed E-state index contributed by atoms with van der Waals surface area (Å²) < 4.78 is 25.6. The number of aliphatic hydroxyl groups excluding tert-OH is 1. The molecule has 0 unspecified atom stereocenters. The maximum Gasteiger partial charge on any atom is 0.328 e. The van der Waals surface area contributed by atoms with Crippen LogP contribution < -0.4 is 5.32 Å². The van der Waals surface area contributed by atoms with Gasteiger partial charge < -0.3 is 15.5 Å². The van der Waals surface area contributed by atoms with Gasteiger partial charge in [-0.1, -0.05) is 0 Å². The molecule has 0 fully saturated rings. The van der Waals surface area contributed by atoms with E-state index < -0.39 is 36.2 Å². The molecule has 0 aliphatic heterocycles. The van der Waals surface area contributed by atoms with Gasteiger partial charge in [0.05, 0.1) is 6.61 Å². The molecule has 1 aromatic carbocycles. The van der Waals surface area contributed by atoms with E-state index in [1.807, 2.05) is 0 Å². The third-order valence-electron chi connectivity index (χ3n) is 2.30. The SMILES string of the molecule is O=C(CCSc1ccc(F)c(F)c1)N[C@H](CO)C(=O)O. The van der Waals surface area contributed by atoms with Gasteiger partial charge in [0.2, 0.25) is 5.91 Å². The van der Waals surface area contributed by atoms with Gasteiger partial charge in [-0.25, -0.2) is 13.6 Å². The lowest BCUT2D eigenvalue weighted by molar-refractivity contribution is -0.142. The summed E-state index contributed by atoms with van der Waals surface area (Å²) in [6, 6.07) is 2.06. The highest BCUT2D eigenvalue weighted by Crippen LogP contribution is 2.20. The number of carboxylic acid groups (broad SMARTS) is 1. The molecule has 1 amide bonds. The van der Waals surface area contributed by atoms with Crippen molar-refractivity contribution in [2.75, 3.05) is 12.4 Å². The predicted molar refractivity (Wildman–Crippen MR) is 68.4 cm³/mol. The fourth-order valence-corrected chi connectivity index (χ4v) is 2.15. The smallest absolute Gasteiger partial charge is 0.328 e. The molecular formula is C12H13F2NO4S. The van der Waals surface area contributed by atoms with Gasteiger partial charge in [-0.2, -0.15) is 0 Å². The van der Waals surface area contributed by atoms with Crippen molar-refractivity contribution in [2.24, 2.45) is 0 Å². The molecule has 0 aromatic heterocycles. The van der Waals surface area contributed by atoms with Crippen LogP contribution >= 0.6 is 11.8 Å². The van der Waals surface area contributed by atoms with Gasteiger partial charge in [0.1, 0.15) is 6.04 Å². The number of carboxylic acids is 1. The van der Waals surface area contributed by atoms with Crippen molar-refractivity contribution in [2.45, 2.75) is 17.4 Å². The van der Waals surface area contributed by atoms with E-state index in [0.29, 0.717) is 4.90 Å². The fraction of sp³-hybridized carbons (Fsp3) is 0.333. The van der Waals surface area contributed by atoms with Crippen molar-refractivity contribution in [1.82, 2.24) is 5.32 Å². The Hall–Kier alpha value is -1.67. The number of carbonyl (C=O) groups excluding carboxylic acids is 1. The lowest BCUT2D eigenvalue weighted by Crippen LogP contribution is -2.43. The number of aliphatic hydroxyl groups is 1. The number of hydrogen-bond donors (Lipinski definition) is 3. The molecule has 0 radical (unpaired) electrons. The third-order valence-corrected chi connectivity index (χ3v) is 3.30. The van der Waals surface area contributed by atoms with Gasteiger partial charge in [0, 0.05) is 17.1 Å². The van der Waals surface area contributed by atoms with Gasteiger partial charge in [0.25, 0.3) is 0 Å². The van der Waals surface area contributed by atoms with E-state index in [1.54, 1.807) is 0 Å². The second-order valence-corrected chi connectivity index (χ2v) is 4.98. The van der Waals surface area contributed by atoms with Gasteiger partial charge in [-0.3, -0.25) is 4.79 Å². The molecule has 3 N–H and O–H groups in total. The Kier molecular flexibility index (Phi) is 6.40. The number of thioether (sulfide) groups is 1. The first kappa shape index (κ1) is 16.4. The minimum atomic E-state index is -1.34. The fourth-order valence-electron chi connectivity index (χ4n) is 1.28. The zero-order valence-electron chi connectivity index (χ0n) is 10.3. The van der Waals surface area contributed by atoms with E-state index in [9.17, 15) is 18.4 Å². The van der Waals surface area contributed by atoms with Crippen LogP contribution in [0.4, 0.5) is 8.78 Å². The second kappa shape index (κ2) is 7.81. The Morgan fingerprint density at radius 1 is 1.30 bits per heavy atom. The number of amides is 1.